The fourth-order valence-electron chi connectivity index (χ4n) is 12.3. The molecule has 4 aliphatic rings. The second kappa shape index (κ2) is 29.4. The predicted octanol–water partition coefficient (Wildman–Crippen LogP) is 3.22. The van der Waals surface area contributed by atoms with Crippen LogP contribution in [-0.4, -0.2) is 53.8 Å². The molecule has 0 aliphatic carbocycles. The van der Waals surface area contributed by atoms with Gasteiger partial charge in [-0.15, -0.1) is 22.1 Å². The Hall–Kier alpha value is -6.23. The second-order valence-electron chi connectivity index (χ2n) is 22.1. The Kier molecular flexibility index (Phi) is 23.6. The molecule has 0 saturated carbocycles. The first kappa shape index (κ1) is 69.9. The van der Waals surface area contributed by atoms with Gasteiger partial charge in [-0.3, -0.25) is 0 Å². The summed E-state index contributed by atoms with van der Waals surface area (Å²) < 4.78 is 0. The molecule has 0 spiro atoms. The molecule has 0 radical (unpaired) electrons. The van der Waals surface area contributed by atoms with Crippen molar-refractivity contribution in [3.05, 3.63) is 139 Å². The molecule has 4 aliphatic heterocycles. The fourth-order valence-corrected chi connectivity index (χ4v) is 12.3. The first-order chi connectivity index (χ1) is 40.0. The molecule has 6 aromatic heterocycles. The summed E-state index contributed by atoms with van der Waals surface area (Å²) in [5, 5.41) is 45.7. The van der Waals surface area contributed by atoms with E-state index in [9.17, 15) is 39.6 Å². The van der Waals surface area contributed by atoms with Crippen LogP contribution in [0, 0.1) is 27.7 Å². The molecule has 2 N–H and O–H groups in total. The van der Waals surface area contributed by atoms with E-state index in [-0.39, 0.29) is 132 Å². The molecule has 0 saturated heterocycles. The molecule has 10 rings (SSSR count). The van der Waals surface area contributed by atoms with Gasteiger partial charge in [0.25, 0.3) is 0 Å². The maximum absolute atomic E-state index is 11.4. The zero-order chi connectivity index (χ0) is 60.6. The number of hydrogen-bond donors (Lipinski definition) is 2. The zero-order valence-electron chi connectivity index (χ0n) is 52.4. The SMILES string of the molecule is CCC1=C(C)c2cc3[n-]c(cc4[n-]c(cc5nc(cc1n2)C(C)=C5CC)c(C)c4CCC(=O)[O-])c(CCC(=O)[O-])c3C.CCc1c(C)c2cc3[nH]c(cc4nc(cc5nc(cc1[nH]2)C(C)=C5CCC(=O)[O-])C(CCC(=O)[O-])=C4C)c(C)c3CC.[Na+].[Na+].[Pt+4]. The molecule has 19 heteroatoms. The maximum atomic E-state index is 11.4. The monoisotopic (exact) mass is 1370 g/mol. The molecule has 0 fully saturated rings. The Labute approximate surface area is 565 Å². The molecular weight excluding hydrogens is 1300 g/mol. The van der Waals surface area contributed by atoms with Gasteiger partial charge in [0, 0.05) is 45.9 Å². The van der Waals surface area contributed by atoms with Crippen molar-refractivity contribution < 1.29 is 120 Å². The van der Waals surface area contributed by atoms with E-state index in [1.54, 1.807) is 0 Å². The van der Waals surface area contributed by atoms with Crippen molar-refractivity contribution in [1.29, 1.82) is 0 Å². The van der Waals surface area contributed by atoms with Gasteiger partial charge in [0.15, 0.2) is 0 Å². The van der Waals surface area contributed by atoms with Crippen molar-refractivity contribution in [2.45, 2.75) is 160 Å². The third-order valence-corrected chi connectivity index (χ3v) is 17.2. The minimum Gasteiger partial charge on any atom is -0.657 e. The summed E-state index contributed by atoms with van der Waals surface area (Å²) in [4.78, 5) is 82.7. The first-order valence-electron chi connectivity index (χ1n) is 29.0. The molecule has 16 nitrogen and oxygen atoms in total. The average Bonchev–Trinajstić information content (AvgIpc) is 1.70. The summed E-state index contributed by atoms with van der Waals surface area (Å²) in [6, 6.07) is 15.9. The average molecular weight is 1370 g/mol. The number of nitrogens with one attached hydrogen (secondary N) is 2. The number of nitrogens with zero attached hydrogens (tertiary/aromatic N) is 6. The van der Waals surface area contributed by atoms with Gasteiger partial charge in [-0.05, 0) is 230 Å². The minimum absolute atomic E-state index is 0. The number of fused-ring (bicyclic) bond motifs is 16. The number of rotatable bonds is 16. The summed E-state index contributed by atoms with van der Waals surface area (Å²) in [5.41, 5.74) is 28.7. The number of hydrogen-bond acceptors (Lipinski definition) is 12. The molecule has 0 aromatic carbocycles. The van der Waals surface area contributed by atoms with Gasteiger partial charge in [0.2, 0.25) is 0 Å². The third kappa shape index (κ3) is 14.6. The Bertz CT molecular complexity index is 4270. The number of carbonyl (C=O) groups is 4. The number of carbonyl (C=O) groups excluding carboxylic acids is 4. The largest absolute Gasteiger partial charge is 4.00 e. The third-order valence-electron chi connectivity index (χ3n) is 17.2. The van der Waals surface area contributed by atoms with E-state index < -0.39 is 23.9 Å². The number of carboxylic acid groups (broad SMARTS) is 4. The van der Waals surface area contributed by atoms with E-state index in [0.717, 1.165) is 154 Å². The van der Waals surface area contributed by atoms with Crippen molar-refractivity contribution >= 4 is 113 Å². The Morgan fingerprint density at radius 2 is 0.667 bits per heavy atom. The summed E-state index contributed by atoms with van der Waals surface area (Å²) in [6.45, 7) is 24.7. The number of carboxylic acids is 4. The van der Waals surface area contributed by atoms with Crippen molar-refractivity contribution in [3.8, 4) is 0 Å². The number of aliphatic carboxylic acids is 4. The second-order valence-corrected chi connectivity index (χ2v) is 22.1. The topological polar surface area (TPSA) is 272 Å². The standard InChI is InChI=1S/2C34H38N4O4.2Na.Pt/c2*1-7-21-17(3)25-13-26-19(5)23(9-11-33(39)40)31(37-26)16-32-24(10-12-34(41)42)20(6)28(38-32)15-30-22(8-2)18(4)27(36-30)14-29(21)35-25;;;/h13-16H,7-12H2,1-6H3,(H4,35,36,37,38,39,40,41,42);13-16,35-36H,7-12H2,1-6H3,(H,39,40)(H,41,42);;;/q;;2*+1;+4/p-6. The van der Waals surface area contributed by atoms with Gasteiger partial charge in [0.1, 0.15) is 0 Å². The summed E-state index contributed by atoms with van der Waals surface area (Å²) >= 11 is 0. The van der Waals surface area contributed by atoms with Crippen LogP contribution in [0.25, 0.3) is 88.7 Å². The molecule has 16 bridgehead atoms. The number of allylic oxidation sites excluding steroid dienone is 8. The zero-order valence-corrected chi connectivity index (χ0v) is 58.6. The smallest absolute Gasteiger partial charge is 0.657 e. The minimum atomic E-state index is -1.14. The van der Waals surface area contributed by atoms with Crippen LogP contribution in [0.1, 0.15) is 197 Å². The number of aryl methyl sites for hydroxylation is 8. The van der Waals surface area contributed by atoms with E-state index in [0.29, 0.717) is 33.5 Å². The van der Waals surface area contributed by atoms with E-state index in [2.05, 4.69) is 77.5 Å². The van der Waals surface area contributed by atoms with Crippen LogP contribution >= 0.6 is 0 Å². The van der Waals surface area contributed by atoms with Crippen molar-refractivity contribution in [1.82, 2.24) is 39.9 Å². The van der Waals surface area contributed by atoms with Crippen LogP contribution in [0.4, 0.5) is 0 Å². The quantitative estimate of drug-likeness (QED) is 0.132. The number of aromatic amines is 2. The first-order valence-corrected chi connectivity index (χ1v) is 29.0. The van der Waals surface area contributed by atoms with E-state index in [1.807, 2.05) is 64.1 Å². The number of aromatic nitrogens is 8. The Morgan fingerprint density at radius 3 is 1.07 bits per heavy atom. The van der Waals surface area contributed by atoms with Gasteiger partial charge in [-0.2, -0.15) is 0 Å². The summed E-state index contributed by atoms with van der Waals surface area (Å²) in [7, 11) is 0. The van der Waals surface area contributed by atoms with E-state index >= 15 is 0 Å². The van der Waals surface area contributed by atoms with Crippen LogP contribution in [0.5, 0.6) is 0 Å². The van der Waals surface area contributed by atoms with Crippen LogP contribution in [0.3, 0.4) is 0 Å². The Balaban J connectivity index is 0.000000269. The predicted molar refractivity (Wildman–Crippen MR) is 323 cm³/mol. The van der Waals surface area contributed by atoms with E-state index in [1.165, 1.54) is 16.7 Å². The molecule has 442 valence electrons. The van der Waals surface area contributed by atoms with Crippen molar-refractivity contribution in [2.75, 3.05) is 0 Å². The van der Waals surface area contributed by atoms with Crippen LogP contribution in [0.15, 0.2) is 48.5 Å². The van der Waals surface area contributed by atoms with Crippen molar-refractivity contribution in [2.24, 2.45) is 0 Å². The van der Waals surface area contributed by atoms with Crippen LogP contribution in [0.2, 0.25) is 0 Å². The van der Waals surface area contributed by atoms with Gasteiger partial charge >= 0.3 is 80.2 Å². The normalized spacial score (nSPS) is 12.8. The van der Waals surface area contributed by atoms with Crippen LogP contribution in [-0.2, 0) is 65.9 Å². The Morgan fingerprint density at radius 1 is 0.356 bits per heavy atom. The molecule has 6 aromatic rings. The van der Waals surface area contributed by atoms with Crippen molar-refractivity contribution in [3.63, 3.8) is 0 Å². The molecular formula is C68H70N8Na2O8Pt. The summed E-state index contributed by atoms with van der Waals surface area (Å²) in [6.07, 6.45) is 3.78. The van der Waals surface area contributed by atoms with Crippen LogP contribution < -0.4 is 89.5 Å². The van der Waals surface area contributed by atoms with Gasteiger partial charge in [-0.1, -0.05) is 68.1 Å². The number of H-pyrrole nitrogens is 2. The molecule has 10 heterocycles. The molecule has 0 unspecified atom stereocenters. The van der Waals surface area contributed by atoms with Gasteiger partial charge in [-0.25, -0.2) is 19.9 Å². The molecule has 0 atom stereocenters. The summed E-state index contributed by atoms with van der Waals surface area (Å²) in [5.74, 6) is -4.52. The fraction of sp³-hybridized carbons (Fsp3) is 0.353. The maximum Gasteiger partial charge on any atom is 4.00 e. The molecule has 87 heavy (non-hydrogen) atoms. The van der Waals surface area contributed by atoms with Gasteiger partial charge in [0.05, 0.1) is 45.6 Å². The van der Waals surface area contributed by atoms with Gasteiger partial charge < -0.3 is 59.5 Å². The molecule has 0 amide bonds. The van der Waals surface area contributed by atoms with E-state index in [4.69, 9.17) is 29.9 Å².